The van der Waals surface area contributed by atoms with Gasteiger partial charge in [-0.2, -0.15) is 0 Å². The van der Waals surface area contributed by atoms with E-state index in [1.54, 1.807) is 0 Å². The molecule has 18 heavy (non-hydrogen) atoms. The summed E-state index contributed by atoms with van der Waals surface area (Å²) in [7, 11) is 0. The molecule has 0 spiro atoms. The highest BCUT2D eigenvalue weighted by Gasteiger charge is 2.32. The number of halogens is 1. The normalized spacial score (nSPS) is 23.9. The van der Waals surface area contributed by atoms with Gasteiger partial charge in [-0.25, -0.2) is 9.97 Å². The molecule has 1 aliphatic carbocycles. The fourth-order valence-electron chi connectivity index (χ4n) is 2.59. The van der Waals surface area contributed by atoms with Gasteiger partial charge in [0.05, 0.1) is 4.47 Å². The summed E-state index contributed by atoms with van der Waals surface area (Å²) in [5.41, 5.74) is 0. The molecular formula is C13H19BrN4. The van der Waals surface area contributed by atoms with E-state index in [1.807, 2.05) is 12.4 Å². The van der Waals surface area contributed by atoms with Gasteiger partial charge in [-0.05, 0) is 60.6 Å². The van der Waals surface area contributed by atoms with Crippen LogP contribution in [0.1, 0.15) is 25.7 Å². The van der Waals surface area contributed by atoms with Crippen LogP contribution >= 0.6 is 15.9 Å². The van der Waals surface area contributed by atoms with Gasteiger partial charge in [-0.15, -0.1) is 0 Å². The van der Waals surface area contributed by atoms with Crippen molar-refractivity contribution in [2.75, 3.05) is 24.5 Å². The van der Waals surface area contributed by atoms with Crippen LogP contribution < -0.4 is 10.2 Å². The number of piperidine rings is 1. The average Bonchev–Trinajstić information content (AvgIpc) is 3.23. The highest BCUT2D eigenvalue weighted by molar-refractivity contribution is 9.10. The van der Waals surface area contributed by atoms with Crippen LogP contribution in [0, 0.1) is 5.92 Å². The number of hydrogen-bond donors (Lipinski definition) is 1. The van der Waals surface area contributed by atoms with Crippen LogP contribution in [0.2, 0.25) is 0 Å². The molecule has 1 saturated carbocycles. The average molecular weight is 311 g/mol. The number of aromatic nitrogens is 2. The van der Waals surface area contributed by atoms with E-state index < -0.39 is 0 Å². The molecule has 0 aromatic carbocycles. The van der Waals surface area contributed by atoms with Crippen LogP contribution in [-0.4, -0.2) is 35.6 Å². The largest absolute Gasteiger partial charge is 0.338 e. The third-order valence-corrected chi connectivity index (χ3v) is 4.11. The van der Waals surface area contributed by atoms with Gasteiger partial charge in [0.15, 0.2) is 0 Å². The minimum Gasteiger partial charge on any atom is -0.338 e. The molecule has 2 aliphatic rings. The number of hydrogen-bond acceptors (Lipinski definition) is 4. The summed E-state index contributed by atoms with van der Waals surface area (Å²) >= 11 is 3.39. The van der Waals surface area contributed by atoms with Gasteiger partial charge in [-0.1, -0.05) is 0 Å². The molecular weight excluding hydrogens is 292 g/mol. The molecule has 1 atom stereocenters. The predicted octanol–water partition coefficient (Wildman–Crippen LogP) is 2.21. The van der Waals surface area contributed by atoms with Crippen molar-refractivity contribution in [3.8, 4) is 0 Å². The first-order valence-electron chi connectivity index (χ1n) is 6.78. The Balaban J connectivity index is 1.69. The van der Waals surface area contributed by atoms with E-state index in [0.29, 0.717) is 6.04 Å². The molecule has 1 aliphatic heterocycles. The SMILES string of the molecule is Brc1cnc(N(CC2CCCNC2)C2CC2)nc1. The van der Waals surface area contributed by atoms with E-state index >= 15 is 0 Å². The van der Waals surface area contributed by atoms with Crippen LogP contribution in [0.3, 0.4) is 0 Å². The van der Waals surface area contributed by atoms with Gasteiger partial charge in [0.2, 0.25) is 5.95 Å². The number of nitrogens with zero attached hydrogens (tertiary/aromatic N) is 3. The Bertz CT molecular complexity index is 384. The molecule has 1 aromatic heterocycles. The summed E-state index contributed by atoms with van der Waals surface area (Å²) in [6.07, 6.45) is 8.89. The Morgan fingerprint density at radius 2 is 2.06 bits per heavy atom. The maximum atomic E-state index is 4.45. The standard InChI is InChI=1S/C13H19BrN4/c14-11-7-16-13(17-8-11)18(12-3-4-12)9-10-2-1-5-15-6-10/h7-8,10,12,15H,1-6,9H2. The molecule has 1 aromatic rings. The lowest BCUT2D eigenvalue weighted by molar-refractivity contribution is 0.374. The highest BCUT2D eigenvalue weighted by atomic mass is 79.9. The smallest absolute Gasteiger partial charge is 0.225 e. The van der Waals surface area contributed by atoms with E-state index in [1.165, 1.54) is 32.2 Å². The van der Waals surface area contributed by atoms with Crippen molar-refractivity contribution in [1.82, 2.24) is 15.3 Å². The second-order valence-electron chi connectivity index (χ2n) is 5.30. The van der Waals surface area contributed by atoms with Gasteiger partial charge in [0.1, 0.15) is 0 Å². The van der Waals surface area contributed by atoms with Gasteiger partial charge >= 0.3 is 0 Å². The van der Waals surface area contributed by atoms with Crippen molar-refractivity contribution in [3.63, 3.8) is 0 Å². The molecule has 5 heteroatoms. The van der Waals surface area contributed by atoms with Crippen LogP contribution in [0.25, 0.3) is 0 Å². The van der Waals surface area contributed by atoms with Crippen LogP contribution in [0.4, 0.5) is 5.95 Å². The molecule has 1 unspecified atom stereocenters. The molecule has 2 heterocycles. The third kappa shape index (κ3) is 3.01. The first-order valence-corrected chi connectivity index (χ1v) is 7.57. The van der Waals surface area contributed by atoms with E-state index in [9.17, 15) is 0 Å². The molecule has 1 saturated heterocycles. The maximum absolute atomic E-state index is 4.45. The van der Waals surface area contributed by atoms with Crippen LogP contribution in [0.15, 0.2) is 16.9 Å². The fourth-order valence-corrected chi connectivity index (χ4v) is 2.80. The van der Waals surface area contributed by atoms with Crippen molar-refractivity contribution >= 4 is 21.9 Å². The lowest BCUT2D eigenvalue weighted by atomic mass is 9.99. The minimum absolute atomic E-state index is 0.674. The highest BCUT2D eigenvalue weighted by Crippen LogP contribution is 2.31. The Hall–Kier alpha value is -0.680. The zero-order valence-corrected chi connectivity index (χ0v) is 12.1. The van der Waals surface area contributed by atoms with Gasteiger partial charge in [-0.3, -0.25) is 0 Å². The first-order chi connectivity index (χ1) is 8.83. The van der Waals surface area contributed by atoms with E-state index in [0.717, 1.165) is 29.4 Å². The quantitative estimate of drug-likeness (QED) is 0.925. The van der Waals surface area contributed by atoms with Crippen molar-refractivity contribution in [1.29, 1.82) is 0 Å². The maximum Gasteiger partial charge on any atom is 0.225 e. The van der Waals surface area contributed by atoms with Crippen LogP contribution in [0.5, 0.6) is 0 Å². The molecule has 98 valence electrons. The van der Waals surface area contributed by atoms with E-state index in [2.05, 4.69) is 36.1 Å². The Morgan fingerprint density at radius 3 is 2.67 bits per heavy atom. The number of anilines is 1. The Morgan fingerprint density at radius 1 is 1.28 bits per heavy atom. The van der Waals surface area contributed by atoms with E-state index in [-0.39, 0.29) is 0 Å². The lowest BCUT2D eigenvalue weighted by Gasteiger charge is -2.30. The van der Waals surface area contributed by atoms with Gasteiger partial charge in [0, 0.05) is 25.0 Å². The third-order valence-electron chi connectivity index (χ3n) is 3.71. The molecule has 0 bridgehead atoms. The second kappa shape index (κ2) is 5.53. The fraction of sp³-hybridized carbons (Fsp3) is 0.692. The number of rotatable bonds is 4. The summed E-state index contributed by atoms with van der Waals surface area (Å²) in [4.78, 5) is 11.3. The summed E-state index contributed by atoms with van der Waals surface area (Å²) < 4.78 is 0.946. The summed E-state index contributed by atoms with van der Waals surface area (Å²) in [6.45, 7) is 3.41. The summed E-state index contributed by atoms with van der Waals surface area (Å²) in [5, 5.41) is 3.49. The Kier molecular flexibility index (Phi) is 3.80. The van der Waals surface area contributed by atoms with Crippen molar-refractivity contribution in [2.45, 2.75) is 31.7 Å². The van der Waals surface area contributed by atoms with E-state index in [4.69, 9.17) is 0 Å². The zero-order valence-electron chi connectivity index (χ0n) is 10.5. The first kappa shape index (κ1) is 12.4. The minimum atomic E-state index is 0.674. The van der Waals surface area contributed by atoms with Gasteiger partial charge < -0.3 is 10.2 Å². The second-order valence-corrected chi connectivity index (χ2v) is 6.21. The predicted molar refractivity (Wildman–Crippen MR) is 75.7 cm³/mol. The van der Waals surface area contributed by atoms with Crippen LogP contribution in [-0.2, 0) is 0 Å². The summed E-state index contributed by atoms with van der Waals surface area (Å²) in [5.74, 6) is 1.64. The van der Waals surface area contributed by atoms with Crippen molar-refractivity contribution in [2.24, 2.45) is 5.92 Å². The monoisotopic (exact) mass is 310 g/mol. The van der Waals surface area contributed by atoms with Crippen molar-refractivity contribution in [3.05, 3.63) is 16.9 Å². The molecule has 1 N–H and O–H groups in total. The lowest BCUT2D eigenvalue weighted by Crippen LogP contribution is -2.40. The van der Waals surface area contributed by atoms with Crippen molar-refractivity contribution < 1.29 is 0 Å². The number of nitrogens with one attached hydrogen (secondary N) is 1. The molecule has 4 nitrogen and oxygen atoms in total. The topological polar surface area (TPSA) is 41.1 Å². The molecule has 2 fully saturated rings. The van der Waals surface area contributed by atoms with Gasteiger partial charge in [0.25, 0.3) is 0 Å². The molecule has 0 amide bonds. The Labute approximate surface area is 116 Å². The summed E-state index contributed by atoms with van der Waals surface area (Å²) in [6, 6.07) is 0.674. The molecule has 3 rings (SSSR count). The molecule has 0 radical (unpaired) electrons. The zero-order chi connectivity index (χ0) is 12.4.